The summed E-state index contributed by atoms with van der Waals surface area (Å²) in [5.41, 5.74) is 0.933. The second kappa shape index (κ2) is 6.43. The summed E-state index contributed by atoms with van der Waals surface area (Å²) in [6.07, 6.45) is 0. The van der Waals surface area contributed by atoms with Crippen LogP contribution in [0.2, 0.25) is 0 Å². The van der Waals surface area contributed by atoms with Gasteiger partial charge in [-0.3, -0.25) is 0 Å². The SMILES string of the molecule is COc1ccc(NC(C)c2cc(F)ccc2F)c(OC)c1. The van der Waals surface area contributed by atoms with Crippen LogP contribution >= 0.6 is 0 Å². The van der Waals surface area contributed by atoms with Crippen LogP contribution in [-0.4, -0.2) is 14.2 Å². The predicted molar refractivity (Wildman–Crippen MR) is 77.9 cm³/mol. The molecule has 5 heteroatoms. The fourth-order valence-electron chi connectivity index (χ4n) is 2.08. The van der Waals surface area contributed by atoms with Crippen LogP contribution in [0, 0.1) is 11.6 Å². The van der Waals surface area contributed by atoms with Gasteiger partial charge >= 0.3 is 0 Å². The highest BCUT2D eigenvalue weighted by Crippen LogP contribution is 2.32. The van der Waals surface area contributed by atoms with Crippen LogP contribution in [0.3, 0.4) is 0 Å². The Hall–Kier alpha value is -2.30. The molecule has 0 saturated carbocycles. The molecule has 0 heterocycles. The van der Waals surface area contributed by atoms with Crippen LogP contribution in [0.4, 0.5) is 14.5 Å². The van der Waals surface area contributed by atoms with E-state index < -0.39 is 17.7 Å². The van der Waals surface area contributed by atoms with E-state index in [9.17, 15) is 8.78 Å². The van der Waals surface area contributed by atoms with Gasteiger partial charge in [-0.05, 0) is 37.3 Å². The van der Waals surface area contributed by atoms with Gasteiger partial charge < -0.3 is 14.8 Å². The Kier molecular flexibility index (Phi) is 4.62. The monoisotopic (exact) mass is 293 g/mol. The van der Waals surface area contributed by atoms with Crippen molar-refractivity contribution in [1.82, 2.24) is 0 Å². The number of halogens is 2. The van der Waals surface area contributed by atoms with E-state index in [4.69, 9.17) is 9.47 Å². The lowest BCUT2D eigenvalue weighted by Crippen LogP contribution is -2.10. The van der Waals surface area contributed by atoms with Gasteiger partial charge in [-0.25, -0.2) is 8.78 Å². The van der Waals surface area contributed by atoms with Crippen molar-refractivity contribution >= 4 is 5.69 Å². The number of ether oxygens (including phenoxy) is 2. The molecule has 2 aromatic carbocycles. The maximum Gasteiger partial charge on any atom is 0.145 e. The number of anilines is 1. The Bertz CT molecular complexity index is 632. The highest BCUT2D eigenvalue weighted by Gasteiger charge is 2.14. The summed E-state index contributed by atoms with van der Waals surface area (Å²) in [5, 5.41) is 3.11. The van der Waals surface area contributed by atoms with E-state index in [1.807, 2.05) is 0 Å². The standard InChI is InChI=1S/C16H17F2NO2/c1-10(13-8-11(17)4-6-14(13)18)19-15-7-5-12(20-2)9-16(15)21-3/h4-10,19H,1-3H3. The molecule has 0 aliphatic rings. The molecule has 0 aliphatic heterocycles. The van der Waals surface area contributed by atoms with Gasteiger partial charge in [0.25, 0.3) is 0 Å². The molecule has 3 nitrogen and oxygen atoms in total. The summed E-state index contributed by atoms with van der Waals surface area (Å²) in [7, 11) is 3.10. The van der Waals surface area contributed by atoms with Gasteiger partial charge in [0.1, 0.15) is 23.1 Å². The molecular formula is C16H17F2NO2. The summed E-state index contributed by atoms with van der Waals surface area (Å²) in [4.78, 5) is 0. The van der Waals surface area contributed by atoms with Gasteiger partial charge in [-0.2, -0.15) is 0 Å². The fourth-order valence-corrected chi connectivity index (χ4v) is 2.08. The van der Waals surface area contributed by atoms with Crippen molar-refractivity contribution in [2.75, 3.05) is 19.5 Å². The zero-order chi connectivity index (χ0) is 15.4. The highest BCUT2D eigenvalue weighted by atomic mass is 19.1. The van der Waals surface area contributed by atoms with E-state index in [0.717, 1.165) is 12.1 Å². The summed E-state index contributed by atoms with van der Waals surface area (Å²) in [6.45, 7) is 1.75. The minimum atomic E-state index is -0.471. The zero-order valence-corrected chi connectivity index (χ0v) is 12.1. The lowest BCUT2D eigenvalue weighted by molar-refractivity contribution is 0.395. The Labute approximate surface area is 122 Å². The fraction of sp³-hybridized carbons (Fsp3) is 0.250. The summed E-state index contributed by atoms with van der Waals surface area (Å²) < 4.78 is 37.4. The molecule has 112 valence electrons. The summed E-state index contributed by atoms with van der Waals surface area (Å²) in [5.74, 6) is 0.297. The lowest BCUT2D eigenvalue weighted by atomic mass is 10.1. The molecule has 2 aromatic rings. The van der Waals surface area contributed by atoms with Crippen LogP contribution < -0.4 is 14.8 Å². The van der Waals surface area contributed by atoms with Crippen LogP contribution in [0.25, 0.3) is 0 Å². The molecule has 0 amide bonds. The predicted octanol–water partition coefficient (Wildman–Crippen LogP) is 4.16. The number of rotatable bonds is 5. The molecule has 1 N–H and O–H groups in total. The molecule has 1 atom stereocenters. The number of nitrogens with one attached hydrogen (secondary N) is 1. The molecule has 0 fully saturated rings. The second-order valence-electron chi connectivity index (χ2n) is 4.60. The van der Waals surface area contributed by atoms with E-state index >= 15 is 0 Å². The number of methoxy groups -OCH3 is 2. The first kappa shape index (κ1) is 15.1. The molecule has 0 aliphatic carbocycles. The molecule has 0 bridgehead atoms. The van der Waals surface area contributed by atoms with Crippen LogP contribution in [0.1, 0.15) is 18.5 Å². The number of benzene rings is 2. The van der Waals surface area contributed by atoms with Gasteiger partial charge in [0.15, 0.2) is 0 Å². The average molecular weight is 293 g/mol. The van der Waals surface area contributed by atoms with Gasteiger partial charge in [-0.1, -0.05) is 0 Å². The summed E-state index contributed by atoms with van der Waals surface area (Å²) >= 11 is 0. The highest BCUT2D eigenvalue weighted by molar-refractivity contribution is 5.60. The Morgan fingerprint density at radius 1 is 1.00 bits per heavy atom. The number of hydrogen-bond acceptors (Lipinski definition) is 3. The summed E-state index contributed by atoms with van der Waals surface area (Å²) in [6, 6.07) is 8.24. The van der Waals surface area contributed by atoms with E-state index in [0.29, 0.717) is 17.2 Å². The third-order valence-corrected chi connectivity index (χ3v) is 3.21. The first-order chi connectivity index (χ1) is 10.0. The Balaban J connectivity index is 2.26. The molecular weight excluding hydrogens is 276 g/mol. The topological polar surface area (TPSA) is 30.5 Å². The van der Waals surface area contributed by atoms with Crippen molar-refractivity contribution in [3.05, 3.63) is 53.6 Å². The van der Waals surface area contributed by atoms with E-state index in [1.54, 1.807) is 32.2 Å². The number of hydrogen-bond donors (Lipinski definition) is 1. The largest absolute Gasteiger partial charge is 0.497 e. The molecule has 21 heavy (non-hydrogen) atoms. The third kappa shape index (κ3) is 3.42. The van der Waals surface area contributed by atoms with Crippen LogP contribution in [-0.2, 0) is 0 Å². The first-order valence-corrected chi connectivity index (χ1v) is 6.48. The zero-order valence-electron chi connectivity index (χ0n) is 12.1. The van der Waals surface area contributed by atoms with Crippen molar-refractivity contribution < 1.29 is 18.3 Å². The minimum Gasteiger partial charge on any atom is -0.497 e. The molecule has 2 rings (SSSR count). The molecule has 0 aromatic heterocycles. The van der Waals surface area contributed by atoms with Crippen molar-refractivity contribution in [3.63, 3.8) is 0 Å². The van der Waals surface area contributed by atoms with Gasteiger partial charge in [0, 0.05) is 11.6 Å². The normalized spacial score (nSPS) is 11.9. The van der Waals surface area contributed by atoms with Crippen molar-refractivity contribution in [3.8, 4) is 11.5 Å². The van der Waals surface area contributed by atoms with E-state index in [2.05, 4.69) is 5.32 Å². The smallest absolute Gasteiger partial charge is 0.145 e. The first-order valence-electron chi connectivity index (χ1n) is 6.48. The van der Waals surface area contributed by atoms with Crippen molar-refractivity contribution in [1.29, 1.82) is 0 Å². The molecule has 0 spiro atoms. The van der Waals surface area contributed by atoms with Crippen LogP contribution in [0.15, 0.2) is 36.4 Å². The Morgan fingerprint density at radius 2 is 1.76 bits per heavy atom. The second-order valence-corrected chi connectivity index (χ2v) is 4.60. The van der Waals surface area contributed by atoms with Crippen molar-refractivity contribution in [2.24, 2.45) is 0 Å². The van der Waals surface area contributed by atoms with Gasteiger partial charge in [0.05, 0.1) is 25.9 Å². The molecule has 0 saturated heterocycles. The molecule has 0 radical (unpaired) electrons. The maximum atomic E-state index is 13.8. The quantitative estimate of drug-likeness (QED) is 0.898. The van der Waals surface area contributed by atoms with E-state index in [-0.39, 0.29) is 5.56 Å². The van der Waals surface area contributed by atoms with Crippen molar-refractivity contribution in [2.45, 2.75) is 13.0 Å². The van der Waals surface area contributed by atoms with Gasteiger partial charge in [0.2, 0.25) is 0 Å². The van der Waals surface area contributed by atoms with Crippen LogP contribution in [0.5, 0.6) is 11.5 Å². The Morgan fingerprint density at radius 3 is 2.43 bits per heavy atom. The lowest BCUT2D eigenvalue weighted by Gasteiger charge is -2.19. The molecule has 1 unspecified atom stereocenters. The minimum absolute atomic E-state index is 0.257. The third-order valence-electron chi connectivity index (χ3n) is 3.21. The van der Waals surface area contributed by atoms with E-state index in [1.165, 1.54) is 13.2 Å². The van der Waals surface area contributed by atoms with Gasteiger partial charge in [-0.15, -0.1) is 0 Å². The maximum absolute atomic E-state index is 13.8. The average Bonchev–Trinajstić information content (AvgIpc) is 2.49.